The summed E-state index contributed by atoms with van der Waals surface area (Å²) >= 11 is 1.90. The van der Waals surface area contributed by atoms with Crippen LogP contribution in [0, 0.1) is 11.8 Å². The van der Waals surface area contributed by atoms with Gasteiger partial charge in [0, 0.05) is 22.7 Å². The topological polar surface area (TPSA) is 23.6 Å². The Labute approximate surface area is 172 Å². The summed E-state index contributed by atoms with van der Waals surface area (Å²) in [6.07, 6.45) is 8.51. The van der Waals surface area contributed by atoms with Gasteiger partial charge in [0.1, 0.15) is 5.78 Å². The number of piperidine rings is 1. The van der Waals surface area contributed by atoms with E-state index in [-0.39, 0.29) is 0 Å². The fourth-order valence-corrected chi connectivity index (χ4v) is 6.44. The van der Waals surface area contributed by atoms with Crippen molar-refractivity contribution >= 4 is 34.2 Å². The molecule has 1 aliphatic carbocycles. The standard InChI is InChI=1S/C24H30N2OS/c27-22(19-6-2-1-3-7-19)17-25-14-12-18(13-15-25)16-26-21-10-4-8-20-9-5-11-23(28-26)24(20)21/h4-5,8-11,18-19H,1-3,6-7,12-17H2. The van der Waals surface area contributed by atoms with E-state index in [4.69, 9.17) is 0 Å². The molecular weight excluding hydrogens is 364 g/mol. The summed E-state index contributed by atoms with van der Waals surface area (Å²) < 4.78 is 2.51. The first-order valence-electron chi connectivity index (χ1n) is 11.0. The van der Waals surface area contributed by atoms with E-state index in [0.29, 0.717) is 18.2 Å². The summed E-state index contributed by atoms with van der Waals surface area (Å²) in [5, 5.41) is 2.77. The molecule has 4 heteroatoms. The second-order valence-electron chi connectivity index (χ2n) is 8.80. The summed E-state index contributed by atoms with van der Waals surface area (Å²) in [7, 11) is 0. The van der Waals surface area contributed by atoms with E-state index in [1.54, 1.807) is 0 Å². The summed E-state index contributed by atoms with van der Waals surface area (Å²) in [4.78, 5) is 16.4. The van der Waals surface area contributed by atoms with Gasteiger partial charge in [-0.1, -0.05) is 43.5 Å². The Hall–Kier alpha value is -1.52. The third kappa shape index (κ3) is 3.69. The molecule has 0 aromatic heterocycles. The predicted octanol–water partition coefficient (Wildman–Crippen LogP) is 5.53. The molecule has 2 fully saturated rings. The molecule has 2 heterocycles. The number of carbonyl (C=O) groups is 1. The van der Waals surface area contributed by atoms with Gasteiger partial charge in [0.2, 0.25) is 0 Å². The molecule has 1 saturated carbocycles. The second kappa shape index (κ2) is 8.08. The number of hydrogen-bond acceptors (Lipinski definition) is 4. The van der Waals surface area contributed by atoms with Crippen molar-refractivity contribution in [3.63, 3.8) is 0 Å². The number of Topliss-reactive ketones (excluding diaryl/α,β-unsaturated/α-hetero) is 1. The molecule has 2 aliphatic heterocycles. The van der Waals surface area contributed by atoms with Gasteiger partial charge in [-0.3, -0.25) is 9.69 Å². The van der Waals surface area contributed by atoms with Crippen LogP contribution in [0.4, 0.5) is 5.69 Å². The maximum absolute atomic E-state index is 12.6. The SMILES string of the molecule is O=C(CN1CCC(CN2Sc3cccc4cccc2c34)CC1)C1CCCCC1. The second-order valence-corrected chi connectivity index (χ2v) is 9.87. The monoisotopic (exact) mass is 394 g/mol. The fourth-order valence-electron chi connectivity index (χ4n) is 5.21. The highest BCUT2D eigenvalue weighted by Crippen LogP contribution is 2.46. The predicted molar refractivity (Wildman–Crippen MR) is 118 cm³/mol. The molecule has 0 atom stereocenters. The van der Waals surface area contributed by atoms with Gasteiger partial charge in [-0.25, -0.2) is 0 Å². The Morgan fingerprint density at radius 1 is 0.964 bits per heavy atom. The number of benzene rings is 2. The summed E-state index contributed by atoms with van der Waals surface area (Å²) in [5.41, 5.74) is 1.38. The number of ketones is 1. The highest BCUT2D eigenvalue weighted by molar-refractivity contribution is 8.01. The van der Waals surface area contributed by atoms with Crippen LogP contribution in [0.3, 0.4) is 0 Å². The molecule has 2 aromatic carbocycles. The minimum absolute atomic E-state index is 0.353. The molecule has 0 bridgehead atoms. The van der Waals surface area contributed by atoms with Crippen molar-refractivity contribution in [3.05, 3.63) is 36.4 Å². The van der Waals surface area contributed by atoms with Gasteiger partial charge >= 0.3 is 0 Å². The molecular formula is C24H30N2OS. The molecule has 2 aromatic rings. The third-order valence-corrected chi connectivity index (χ3v) is 8.00. The molecule has 0 amide bonds. The summed E-state index contributed by atoms with van der Waals surface area (Å²) in [5.74, 6) is 1.58. The van der Waals surface area contributed by atoms with Crippen LogP contribution < -0.4 is 4.31 Å². The Morgan fingerprint density at radius 3 is 2.50 bits per heavy atom. The lowest BCUT2D eigenvalue weighted by atomic mass is 9.86. The first-order valence-corrected chi connectivity index (χ1v) is 11.8. The summed E-state index contributed by atoms with van der Waals surface area (Å²) in [6.45, 7) is 3.97. The largest absolute Gasteiger partial charge is 0.311 e. The maximum atomic E-state index is 12.6. The van der Waals surface area contributed by atoms with Crippen LogP contribution in [0.25, 0.3) is 10.8 Å². The third-order valence-electron chi connectivity index (χ3n) is 6.89. The van der Waals surface area contributed by atoms with Crippen LogP contribution in [0.1, 0.15) is 44.9 Å². The lowest BCUT2D eigenvalue weighted by Crippen LogP contribution is -2.41. The highest BCUT2D eigenvalue weighted by atomic mass is 32.2. The van der Waals surface area contributed by atoms with Crippen LogP contribution in [0.2, 0.25) is 0 Å². The van der Waals surface area contributed by atoms with E-state index >= 15 is 0 Å². The molecule has 0 spiro atoms. The molecule has 28 heavy (non-hydrogen) atoms. The van der Waals surface area contributed by atoms with Crippen molar-refractivity contribution in [3.8, 4) is 0 Å². The maximum Gasteiger partial charge on any atom is 0.149 e. The Balaban J connectivity index is 1.15. The van der Waals surface area contributed by atoms with Gasteiger partial charge in [-0.05, 0) is 74.2 Å². The number of rotatable bonds is 5. The van der Waals surface area contributed by atoms with Crippen LogP contribution in [0.5, 0.6) is 0 Å². The zero-order valence-electron chi connectivity index (χ0n) is 16.6. The van der Waals surface area contributed by atoms with Crippen molar-refractivity contribution in [1.82, 2.24) is 4.90 Å². The average molecular weight is 395 g/mol. The number of nitrogens with zero attached hydrogens (tertiary/aromatic N) is 2. The zero-order valence-corrected chi connectivity index (χ0v) is 17.4. The van der Waals surface area contributed by atoms with Gasteiger partial charge in [0.25, 0.3) is 0 Å². The first-order chi connectivity index (χ1) is 13.8. The van der Waals surface area contributed by atoms with Crippen molar-refractivity contribution in [2.24, 2.45) is 11.8 Å². The number of hydrogen-bond donors (Lipinski definition) is 0. The van der Waals surface area contributed by atoms with E-state index in [1.807, 2.05) is 11.9 Å². The Morgan fingerprint density at radius 2 is 1.71 bits per heavy atom. The van der Waals surface area contributed by atoms with Gasteiger partial charge in [-0.15, -0.1) is 0 Å². The van der Waals surface area contributed by atoms with Gasteiger partial charge < -0.3 is 4.31 Å². The smallest absolute Gasteiger partial charge is 0.149 e. The minimum atomic E-state index is 0.353. The average Bonchev–Trinajstić information content (AvgIpc) is 3.10. The molecule has 3 aliphatic rings. The van der Waals surface area contributed by atoms with E-state index in [0.717, 1.165) is 38.4 Å². The number of likely N-dealkylation sites (tertiary alicyclic amines) is 1. The number of carbonyl (C=O) groups excluding carboxylic acids is 1. The van der Waals surface area contributed by atoms with Crippen LogP contribution in [-0.2, 0) is 4.79 Å². The van der Waals surface area contributed by atoms with E-state index in [2.05, 4.69) is 45.6 Å². The normalized spacial score (nSPS) is 21.5. The van der Waals surface area contributed by atoms with E-state index in [1.165, 1.54) is 53.5 Å². The first kappa shape index (κ1) is 18.5. The molecule has 3 nitrogen and oxygen atoms in total. The highest BCUT2D eigenvalue weighted by Gasteiger charge is 2.29. The van der Waals surface area contributed by atoms with Crippen molar-refractivity contribution in [1.29, 1.82) is 0 Å². The van der Waals surface area contributed by atoms with Crippen molar-refractivity contribution in [2.45, 2.75) is 49.8 Å². The van der Waals surface area contributed by atoms with Crippen LogP contribution >= 0.6 is 11.9 Å². The molecule has 0 N–H and O–H groups in total. The van der Waals surface area contributed by atoms with E-state index in [9.17, 15) is 4.79 Å². The fraction of sp³-hybridized carbons (Fsp3) is 0.542. The molecule has 148 valence electrons. The van der Waals surface area contributed by atoms with Crippen LogP contribution in [-0.4, -0.2) is 36.9 Å². The lowest BCUT2D eigenvalue weighted by Gasteiger charge is -2.34. The zero-order chi connectivity index (χ0) is 18.9. The van der Waals surface area contributed by atoms with Crippen LogP contribution in [0.15, 0.2) is 41.3 Å². The van der Waals surface area contributed by atoms with Gasteiger partial charge in [0.05, 0.1) is 12.2 Å². The quantitative estimate of drug-likeness (QED) is 0.622. The molecule has 5 rings (SSSR count). The molecule has 0 radical (unpaired) electrons. The van der Waals surface area contributed by atoms with Crippen molar-refractivity contribution < 1.29 is 4.79 Å². The Kier molecular flexibility index (Phi) is 5.34. The van der Waals surface area contributed by atoms with Gasteiger partial charge in [-0.2, -0.15) is 0 Å². The summed E-state index contributed by atoms with van der Waals surface area (Å²) in [6, 6.07) is 13.3. The minimum Gasteiger partial charge on any atom is -0.311 e. The van der Waals surface area contributed by atoms with Gasteiger partial charge in [0.15, 0.2) is 0 Å². The molecule has 1 saturated heterocycles. The number of anilines is 1. The lowest BCUT2D eigenvalue weighted by molar-refractivity contribution is -0.125. The van der Waals surface area contributed by atoms with Crippen molar-refractivity contribution in [2.75, 3.05) is 30.5 Å². The Bertz CT molecular complexity index is 848. The van der Waals surface area contributed by atoms with E-state index < -0.39 is 0 Å². The molecule has 0 unspecified atom stereocenters.